The average Bonchev–Trinajstić information content (AvgIpc) is 2.87. The van der Waals surface area contributed by atoms with Crippen molar-refractivity contribution in [2.45, 2.75) is 26.4 Å². The van der Waals surface area contributed by atoms with E-state index in [-0.39, 0.29) is 5.69 Å². The van der Waals surface area contributed by atoms with Gasteiger partial charge in [0.2, 0.25) is 0 Å². The Labute approximate surface area is 132 Å². The van der Waals surface area contributed by atoms with Crippen LogP contribution in [0.15, 0.2) is 24.3 Å². The van der Waals surface area contributed by atoms with Gasteiger partial charge in [0.25, 0.3) is 5.91 Å². The van der Waals surface area contributed by atoms with Gasteiger partial charge in [0, 0.05) is 0 Å². The Bertz CT molecular complexity index is 734. The molecule has 23 heavy (non-hydrogen) atoms. The van der Waals surface area contributed by atoms with Gasteiger partial charge < -0.3 is 15.5 Å². The topological polar surface area (TPSA) is 117 Å². The molecule has 0 aliphatic heterocycles. The smallest absolute Gasteiger partial charge is 0.337 e. The summed E-state index contributed by atoms with van der Waals surface area (Å²) in [5.41, 5.74) is 0.405. The molecule has 2 rings (SSSR count). The standard InChI is InChI=1S/C15H18N4O4/c1-9-4-6-11(7-5-9)19-10(2)12(17-18-19)13(20)16-8-15(3,23)14(21)22/h4-7,23H,8H2,1-3H3,(H,16,20)(H,21,22). The van der Waals surface area contributed by atoms with E-state index in [0.29, 0.717) is 5.69 Å². The molecule has 2 aromatic rings. The van der Waals surface area contributed by atoms with Crippen LogP contribution in [0.5, 0.6) is 0 Å². The van der Waals surface area contributed by atoms with Crippen LogP contribution in [0.3, 0.4) is 0 Å². The quantitative estimate of drug-likeness (QED) is 0.737. The van der Waals surface area contributed by atoms with Crippen molar-refractivity contribution in [2.75, 3.05) is 6.54 Å². The van der Waals surface area contributed by atoms with Crippen molar-refractivity contribution in [3.05, 3.63) is 41.2 Å². The van der Waals surface area contributed by atoms with Crippen LogP contribution in [0.25, 0.3) is 5.69 Å². The van der Waals surface area contributed by atoms with Crippen molar-refractivity contribution in [3.63, 3.8) is 0 Å². The highest BCUT2D eigenvalue weighted by Crippen LogP contribution is 2.13. The molecular formula is C15H18N4O4. The number of aliphatic hydroxyl groups is 1. The molecule has 0 aliphatic rings. The molecule has 0 spiro atoms. The van der Waals surface area contributed by atoms with Crippen LogP contribution in [0, 0.1) is 13.8 Å². The van der Waals surface area contributed by atoms with E-state index >= 15 is 0 Å². The highest BCUT2D eigenvalue weighted by atomic mass is 16.4. The van der Waals surface area contributed by atoms with E-state index in [4.69, 9.17) is 5.11 Å². The zero-order valence-electron chi connectivity index (χ0n) is 13.1. The van der Waals surface area contributed by atoms with Gasteiger partial charge in [-0.1, -0.05) is 22.9 Å². The van der Waals surface area contributed by atoms with E-state index in [0.717, 1.165) is 18.2 Å². The predicted molar refractivity (Wildman–Crippen MR) is 81.4 cm³/mol. The number of nitrogens with one attached hydrogen (secondary N) is 1. The molecule has 1 heterocycles. The number of carbonyl (C=O) groups is 2. The molecule has 3 N–H and O–H groups in total. The van der Waals surface area contributed by atoms with Crippen LogP contribution >= 0.6 is 0 Å². The van der Waals surface area contributed by atoms with Gasteiger partial charge in [-0.2, -0.15) is 0 Å². The third-order valence-corrected chi connectivity index (χ3v) is 3.44. The summed E-state index contributed by atoms with van der Waals surface area (Å²) in [5, 5.41) is 28.6. The fourth-order valence-corrected chi connectivity index (χ4v) is 1.88. The summed E-state index contributed by atoms with van der Waals surface area (Å²) in [5.74, 6) is -2.01. The summed E-state index contributed by atoms with van der Waals surface area (Å²) in [7, 11) is 0. The third-order valence-electron chi connectivity index (χ3n) is 3.44. The number of rotatable bonds is 5. The molecule has 1 unspecified atom stereocenters. The first-order valence-corrected chi connectivity index (χ1v) is 6.95. The lowest BCUT2D eigenvalue weighted by Gasteiger charge is -2.17. The van der Waals surface area contributed by atoms with E-state index < -0.39 is 24.0 Å². The minimum atomic E-state index is -2.05. The number of carboxylic acid groups (broad SMARTS) is 1. The summed E-state index contributed by atoms with van der Waals surface area (Å²) in [6, 6.07) is 7.54. The van der Waals surface area contributed by atoms with Gasteiger partial charge >= 0.3 is 5.97 Å². The summed E-state index contributed by atoms with van der Waals surface area (Å²) in [6.45, 7) is 4.32. The Morgan fingerprint density at radius 1 is 1.26 bits per heavy atom. The van der Waals surface area contributed by atoms with Crippen molar-refractivity contribution in [3.8, 4) is 5.69 Å². The fourth-order valence-electron chi connectivity index (χ4n) is 1.88. The molecule has 0 saturated carbocycles. The van der Waals surface area contributed by atoms with Gasteiger partial charge in [-0.05, 0) is 32.9 Å². The SMILES string of the molecule is Cc1ccc(-n2nnc(C(=O)NCC(C)(O)C(=O)O)c2C)cc1. The highest BCUT2D eigenvalue weighted by molar-refractivity contribution is 5.93. The number of carbonyl (C=O) groups excluding carboxylic acids is 1. The number of hydrogen-bond donors (Lipinski definition) is 3. The molecule has 8 nitrogen and oxygen atoms in total. The van der Waals surface area contributed by atoms with Crippen molar-refractivity contribution in [1.29, 1.82) is 0 Å². The van der Waals surface area contributed by atoms with Crippen molar-refractivity contribution in [2.24, 2.45) is 0 Å². The number of aryl methyl sites for hydroxylation is 1. The number of aliphatic carboxylic acids is 1. The van der Waals surface area contributed by atoms with E-state index in [2.05, 4.69) is 15.6 Å². The first kappa shape index (κ1) is 16.6. The molecule has 0 fully saturated rings. The Kier molecular flexibility index (Phi) is 4.46. The van der Waals surface area contributed by atoms with E-state index in [1.807, 2.05) is 31.2 Å². The molecule has 122 valence electrons. The molecule has 1 amide bonds. The largest absolute Gasteiger partial charge is 0.479 e. The van der Waals surface area contributed by atoms with Crippen LogP contribution in [0.4, 0.5) is 0 Å². The molecule has 0 bridgehead atoms. The Balaban J connectivity index is 2.17. The highest BCUT2D eigenvalue weighted by Gasteiger charge is 2.31. The summed E-state index contributed by atoms with van der Waals surface area (Å²) in [6.07, 6.45) is 0. The predicted octanol–water partition coefficient (Wildman–Crippen LogP) is 0.450. The van der Waals surface area contributed by atoms with Gasteiger partial charge in [-0.15, -0.1) is 5.10 Å². The van der Waals surface area contributed by atoms with E-state index in [1.54, 1.807) is 6.92 Å². The molecule has 1 aromatic carbocycles. The van der Waals surface area contributed by atoms with Gasteiger partial charge in [-0.25, -0.2) is 9.48 Å². The van der Waals surface area contributed by atoms with Crippen LogP contribution < -0.4 is 5.32 Å². The molecule has 1 aromatic heterocycles. The van der Waals surface area contributed by atoms with Gasteiger partial charge in [0.1, 0.15) is 0 Å². The minimum Gasteiger partial charge on any atom is -0.479 e. The summed E-state index contributed by atoms with van der Waals surface area (Å²) >= 11 is 0. The molecule has 0 saturated heterocycles. The second-order valence-electron chi connectivity index (χ2n) is 5.53. The van der Waals surface area contributed by atoms with Crippen LogP contribution in [0.2, 0.25) is 0 Å². The Morgan fingerprint density at radius 3 is 2.43 bits per heavy atom. The summed E-state index contributed by atoms with van der Waals surface area (Å²) < 4.78 is 1.52. The number of aromatic nitrogens is 3. The number of carboxylic acids is 1. The van der Waals surface area contributed by atoms with Crippen molar-refractivity contribution < 1.29 is 19.8 Å². The lowest BCUT2D eigenvalue weighted by molar-refractivity contribution is -0.155. The van der Waals surface area contributed by atoms with Crippen molar-refractivity contribution in [1.82, 2.24) is 20.3 Å². The molecule has 0 aliphatic carbocycles. The Hall–Kier alpha value is -2.74. The molecule has 1 atom stereocenters. The van der Waals surface area contributed by atoms with Crippen LogP contribution in [0.1, 0.15) is 28.7 Å². The first-order chi connectivity index (χ1) is 10.7. The Morgan fingerprint density at radius 2 is 1.87 bits per heavy atom. The second-order valence-corrected chi connectivity index (χ2v) is 5.53. The van der Waals surface area contributed by atoms with Gasteiger partial charge in [-0.3, -0.25) is 4.79 Å². The van der Waals surface area contributed by atoms with E-state index in [1.165, 1.54) is 4.68 Å². The number of benzene rings is 1. The first-order valence-electron chi connectivity index (χ1n) is 6.95. The monoisotopic (exact) mass is 318 g/mol. The molecular weight excluding hydrogens is 300 g/mol. The zero-order valence-corrected chi connectivity index (χ0v) is 13.1. The molecule has 0 radical (unpaired) electrons. The van der Waals surface area contributed by atoms with Gasteiger partial charge in [0.05, 0.1) is 17.9 Å². The average molecular weight is 318 g/mol. The summed E-state index contributed by atoms with van der Waals surface area (Å²) in [4.78, 5) is 22.9. The lowest BCUT2D eigenvalue weighted by Crippen LogP contribution is -2.46. The number of nitrogens with zero attached hydrogens (tertiary/aromatic N) is 3. The van der Waals surface area contributed by atoms with E-state index in [9.17, 15) is 14.7 Å². The maximum atomic E-state index is 12.1. The lowest BCUT2D eigenvalue weighted by atomic mass is 10.1. The number of amides is 1. The van der Waals surface area contributed by atoms with Crippen LogP contribution in [-0.4, -0.2) is 49.2 Å². The molecule has 8 heteroatoms. The van der Waals surface area contributed by atoms with Crippen LogP contribution in [-0.2, 0) is 4.79 Å². The minimum absolute atomic E-state index is 0.0757. The maximum absolute atomic E-state index is 12.1. The van der Waals surface area contributed by atoms with Crippen molar-refractivity contribution >= 4 is 11.9 Å². The number of hydrogen-bond acceptors (Lipinski definition) is 5. The van der Waals surface area contributed by atoms with Gasteiger partial charge in [0.15, 0.2) is 11.3 Å². The normalized spacial score (nSPS) is 13.4. The maximum Gasteiger partial charge on any atom is 0.337 e. The third kappa shape index (κ3) is 3.54. The fraction of sp³-hybridized carbons (Fsp3) is 0.333. The second kappa shape index (κ2) is 6.17. The zero-order chi connectivity index (χ0) is 17.2.